The Balaban J connectivity index is 2.33. The molecule has 1 rings (SSSR count). The van der Waals surface area contributed by atoms with Crippen LogP contribution in [0, 0.1) is 5.92 Å². The van der Waals surface area contributed by atoms with Crippen LogP contribution in [0.25, 0.3) is 0 Å². The van der Waals surface area contributed by atoms with E-state index >= 15 is 0 Å². The van der Waals surface area contributed by atoms with Crippen LogP contribution in [0.4, 0.5) is 0 Å². The van der Waals surface area contributed by atoms with Crippen molar-refractivity contribution in [2.24, 2.45) is 5.92 Å². The molecule has 0 saturated carbocycles. The first-order valence-corrected chi connectivity index (χ1v) is 4.23. The molecule has 0 N–H and O–H groups in total. The summed E-state index contributed by atoms with van der Waals surface area (Å²) < 4.78 is 0. The Morgan fingerprint density at radius 3 is 2.43 bits per heavy atom. The summed E-state index contributed by atoms with van der Waals surface area (Å²) in [5.74, 6) is 3.41. The number of thiol groups is 1. The van der Waals surface area contributed by atoms with Gasteiger partial charge in [-0.3, -0.25) is 0 Å². The van der Waals surface area contributed by atoms with Crippen molar-refractivity contribution in [3.63, 3.8) is 0 Å². The van der Waals surface area contributed by atoms with Crippen LogP contribution in [0.3, 0.4) is 0 Å². The van der Waals surface area contributed by atoms with E-state index in [1.807, 2.05) is 11.8 Å². The van der Waals surface area contributed by atoms with Crippen LogP contribution in [0.15, 0.2) is 0 Å². The fourth-order valence-corrected chi connectivity index (χ4v) is 2.52. The second-order valence-corrected chi connectivity index (χ2v) is 3.82. The van der Waals surface area contributed by atoms with Crippen LogP contribution >= 0.6 is 24.4 Å². The lowest BCUT2D eigenvalue weighted by Crippen LogP contribution is -2.06. The topological polar surface area (TPSA) is 0 Å². The average molecular weight is 134 g/mol. The lowest BCUT2D eigenvalue weighted by Gasteiger charge is -2.02. The van der Waals surface area contributed by atoms with E-state index in [1.54, 1.807) is 0 Å². The lowest BCUT2D eigenvalue weighted by molar-refractivity contribution is 0.688. The highest BCUT2D eigenvalue weighted by molar-refractivity contribution is 8.00. The van der Waals surface area contributed by atoms with Crippen molar-refractivity contribution in [2.75, 3.05) is 11.5 Å². The Kier molecular flexibility index (Phi) is 1.93. The smallest absolute Gasteiger partial charge is 0.0141 e. The molecule has 2 unspecified atom stereocenters. The largest absolute Gasteiger partial charge is 0.175 e. The molecule has 7 heavy (non-hydrogen) atoms. The van der Waals surface area contributed by atoms with Crippen LogP contribution in [0.1, 0.15) is 6.92 Å². The van der Waals surface area contributed by atoms with E-state index in [2.05, 4.69) is 19.6 Å². The Morgan fingerprint density at radius 2 is 2.29 bits per heavy atom. The van der Waals surface area contributed by atoms with Crippen LogP contribution < -0.4 is 0 Å². The van der Waals surface area contributed by atoms with Crippen molar-refractivity contribution in [3.05, 3.63) is 0 Å². The summed E-state index contributed by atoms with van der Waals surface area (Å²) >= 11 is 6.38. The molecule has 0 aliphatic carbocycles. The molecule has 42 valence electrons. The maximum Gasteiger partial charge on any atom is 0.0141 e. The van der Waals surface area contributed by atoms with Gasteiger partial charge in [0.15, 0.2) is 0 Å². The highest BCUT2D eigenvalue weighted by Crippen LogP contribution is 2.26. The van der Waals surface area contributed by atoms with Gasteiger partial charge in [-0.15, -0.1) is 0 Å². The normalized spacial score (nSPS) is 42.0. The summed E-state index contributed by atoms with van der Waals surface area (Å²) in [5, 5.41) is 0.671. The maximum atomic E-state index is 4.37. The molecule has 1 aliphatic rings. The molecular weight excluding hydrogens is 124 g/mol. The van der Waals surface area contributed by atoms with Crippen molar-refractivity contribution < 1.29 is 0 Å². The van der Waals surface area contributed by atoms with Gasteiger partial charge in [0.05, 0.1) is 0 Å². The van der Waals surface area contributed by atoms with Gasteiger partial charge in [-0.1, -0.05) is 6.92 Å². The molecule has 0 radical (unpaired) electrons. The van der Waals surface area contributed by atoms with E-state index in [0.717, 1.165) is 5.92 Å². The van der Waals surface area contributed by atoms with Gasteiger partial charge in [0.25, 0.3) is 0 Å². The number of thioether (sulfide) groups is 1. The average Bonchev–Trinajstić information content (AvgIpc) is 1.91. The fourth-order valence-electron chi connectivity index (χ4n) is 0.650. The molecule has 2 atom stereocenters. The number of hydrogen-bond donors (Lipinski definition) is 1. The zero-order valence-electron chi connectivity index (χ0n) is 4.42. The minimum Gasteiger partial charge on any atom is -0.175 e. The molecule has 2 heteroatoms. The quantitative estimate of drug-likeness (QED) is 0.492. The minimum absolute atomic E-state index is 0.671. The zero-order chi connectivity index (χ0) is 5.28. The fraction of sp³-hybridized carbons (Fsp3) is 1.00. The lowest BCUT2D eigenvalue weighted by atomic mass is 10.2. The van der Waals surface area contributed by atoms with E-state index < -0.39 is 0 Å². The Hall–Kier alpha value is 0.700. The second kappa shape index (κ2) is 2.31. The van der Waals surface area contributed by atoms with Gasteiger partial charge >= 0.3 is 0 Å². The van der Waals surface area contributed by atoms with Gasteiger partial charge in [-0.05, 0) is 11.7 Å². The van der Waals surface area contributed by atoms with E-state index in [0.29, 0.717) is 5.25 Å². The van der Waals surface area contributed by atoms with Gasteiger partial charge in [0.2, 0.25) is 0 Å². The van der Waals surface area contributed by atoms with Crippen molar-refractivity contribution in [1.29, 1.82) is 0 Å². The van der Waals surface area contributed by atoms with Crippen LogP contribution in [-0.2, 0) is 0 Å². The highest BCUT2D eigenvalue weighted by atomic mass is 32.2. The molecular formula is C5H10S2. The molecule has 1 fully saturated rings. The second-order valence-electron chi connectivity index (χ2n) is 2.08. The first kappa shape index (κ1) is 5.83. The van der Waals surface area contributed by atoms with Gasteiger partial charge in [-0.2, -0.15) is 24.4 Å². The van der Waals surface area contributed by atoms with E-state index in [9.17, 15) is 0 Å². The first-order valence-electron chi connectivity index (χ1n) is 2.56. The summed E-state index contributed by atoms with van der Waals surface area (Å²) in [7, 11) is 0. The Labute approximate surface area is 54.5 Å². The third kappa shape index (κ3) is 1.29. The molecule has 0 aromatic carbocycles. The summed E-state index contributed by atoms with van der Waals surface area (Å²) in [6.07, 6.45) is 0. The summed E-state index contributed by atoms with van der Waals surface area (Å²) in [6.45, 7) is 2.26. The van der Waals surface area contributed by atoms with Crippen LogP contribution in [-0.4, -0.2) is 16.8 Å². The standard InChI is InChI=1S/C5H10S2/c1-4-2-7-3-5(4)6/h4-6H,2-3H2,1H3. The van der Waals surface area contributed by atoms with Crippen LogP contribution in [0.2, 0.25) is 0 Å². The van der Waals surface area contributed by atoms with Crippen molar-refractivity contribution >= 4 is 24.4 Å². The van der Waals surface area contributed by atoms with Crippen molar-refractivity contribution in [3.8, 4) is 0 Å². The zero-order valence-corrected chi connectivity index (χ0v) is 6.14. The molecule has 1 saturated heterocycles. The van der Waals surface area contributed by atoms with E-state index in [1.165, 1.54) is 11.5 Å². The molecule has 0 spiro atoms. The number of rotatable bonds is 0. The SMILES string of the molecule is CC1CSCC1S. The Morgan fingerprint density at radius 1 is 1.57 bits per heavy atom. The molecule has 0 aromatic rings. The molecule has 0 amide bonds. The molecule has 1 aliphatic heterocycles. The van der Waals surface area contributed by atoms with E-state index in [4.69, 9.17) is 0 Å². The minimum atomic E-state index is 0.671. The predicted molar refractivity (Wildman–Crippen MR) is 39.3 cm³/mol. The monoisotopic (exact) mass is 134 g/mol. The third-order valence-electron chi connectivity index (χ3n) is 1.33. The molecule has 0 bridgehead atoms. The molecule has 1 heterocycles. The van der Waals surface area contributed by atoms with Gasteiger partial charge < -0.3 is 0 Å². The van der Waals surface area contributed by atoms with Gasteiger partial charge in [0.1, 0.15) is 0 Å². The maximum absolute atomic E-state index is 4.37. The van der Waals surface area contributed by atoms with Gasteiger partial charge in [-0.25, -0.2) is 0 Å². The first-order chi connectivity index (χ1) is 3.30. The van der Waals surface area contributed by atoms with E-state index in [-0.39, 0.29) is 0 Å². The molecule has 0 aromatic heterocycles. The predicted octanol–water partition coefficient (Wildman–Crippen LogP) is 1.67. The van der Waals surface area contributed by atoms with Crippen molar-refractivity contribution in [1.82, 2.24) is 0 Å². The highest BCUT2D eigenvalue weighted by Gasteiger charge is 2.19. The third-order valence-corrected chi connectivity index (χ3v) is 3.62. The van der Waals surface area contributed by atoms with Gasteiger partial charge in [0, 0.05) is 11.0 Å². The summed E-state index contributed by atoms with van der Waals surface area (Å²) in [5.41, 5.74) is 0. The number of hydrogen-bond acceptors (Lipinski definition) is 2. The molecule has 0 nitrogen and oxygen atoms in total. The summed E-state index contributed by atoms with van der Waals surface area (Å²) in [4.78, 5) is 0. The van der Waals surface area contributed by atoms with Crippen LogP contribution in [0.5, 0.6) is 0 Å². The van der Waals surface area contributed by atoms with Crippen molar-refractivity contribution in [2.45, 2.75) is 12.2 Å². The summed E-state index contributed by atoms with van der Waals surface area (Å²) in [6, 6.07) is 0. The Bertz CT molecular complexity index is 55.1.